The molecule has 70 valence electrons. The molecule has 0 atom stereocenters. The molecule has 0 aliphatic heterocycles. The van der Waals surface area contributed by atoms with Gasteiger partial charge in [-0.3, -0.25) is 0 Å². The van der Waals surface area contributed by atoms with Crippen molar-refractivity contribution in [3.63, 3.8) is 0 Å². The lowest BCUT2D eigenvalue weighted by Crippen LogP contribution is -2.06. The molecule has 0 radical (unpaired) electrons. The first kappa shape index (κ1) is 10.2. The average Bonchev–Trinajstić information content (AvgIpc) is 1.99. The summed E-state index contributed by atoms with van der Waals surface area (Å²) in [5, 5.41) is 8.89. The Bertz CT molecular complexity index is 374. The third-order valence-electron chi connectivity index (χ3n) is 2.17. The molecule has 3 nitrogen and oxygen atoms in total. The summed E-state index contributed by atoms with van der Waals surface area (Å²) >= 11 is 3.14. The number of aryl methyl sites for hydroxylation is 1. The number of carboxylic acids is 1. The minimum atomic E-state index is -0.944. The summed E-state index contributed by atoms with van der Waals surface area (Å²) < 4.78 is 0.403. The van der Waals surface area contributed by atoms with Crippen LogP contribution in [0.4, 0.5) is 0 Å². The fourth-order valence-corrected chi connectivity index (χ4v) is 1.88. The SMILES string of the molecule is Cc1nc(Br)c(C(=O)O)c(C)c1C. The number of nitrogens with zero attached hydrogens (tertiary/aromatic N) is 1. The maximum absolute atomic E-state index is 10.8. The van der Waals surface area contributed by atoms with E-state index in [9.17, 15) is 4.79 Å². The number of rotatable bonds is 1. The largest absolute Gasteiger partial charge is 0.478 e. The van der Waals surface area contributed by atoms with Crippen LogP contribution in [-0.2, 0) is 0 Å². The van der Waals surface area contributed by atoms with Crippen LogP contribution in [0.2, 0.25) is 0 Å². The zero-order valence-corrected chi connectivity index (χ0v) is 9.27. The quantitative estimate of drug-likeness (QED) is 0.772. The summed E-state index contributed by atoms with van der Waals surface area (Å²) in [7, 11) is 0. The molecule has 0 bridgehead atoms. The molecular weight excluding hydrogens is 234 g/mol. The van der Waals surface area contributed by atoms with E-state index in [2.05, 4.69) is 20.9 Å². The first-order valence-electron chi connectivity index (χ1n) is 3.81. The normalized spacial score (nSPS) is 10.2. The Morgan fingerprint density at radius 2 is 1.85 bits per heavy atom. The summed E-state index contributed by atoms with van der Waals surface area (Å²) in [6.45, 7) is 5.52. The molecule has 0 unspecified atom stereocenters. The Balaban J connectivity index is 3.53. The summed E-state index contributed by atoms with van der Waals surface area (Å²) in [5.74, 6) is -0.944. The van der Waals surface area contributed by atoms with E-state index in [4.69, 9.17) is 5.11 Å². The second-order valence-electron chi connectivity index (χ2n) is 2.92. The van der Waals surface area contributed by atoms with Crippen molar-refractivity contribution in [2.45, 2.75) is 20.8 Å². The molecule has 0 spiro atoms. The fraction of sp³-hybridized carbons (Fsp3) is 0.333. The maximum atomic E-state index is 10.8. The van der Waals surface area contributed by atoms with Crippen molar-refractivity contribution < 1.29 is 9.90 Å². The Labute approximate surface area is 84.9 Å². The number of carboxylic acid groups (broad SMARTS) is 1. The molecular formula is C9H10BrNO2. The minimum absolute atomic E-state index is 0.253. The molecule has 1 aromatic rings. The maximum Gasteiger partial charge on any atom is 0.338 e. The van der Waals surface area contributed by atoms with Crippen LogP contribution in [0.1, 0.15) is 27.2 Å². The van der Waals surface area contributed by atoms with Crippen LogP contribution >= 0.6 is 15.9 Å². The van der Waals surface area contributed by atoms with Gasteiger partial charge in [0.15, 0.2) is 0 Å². The summed E-state index contributed by atoms with van der Waals surface area (Å²) in [5.41, 5.74) is 2.81. The van der Waals surface area contributed by atoms with Crippen LogP contribution in [-0.4, -0.2) is 16.1 Å². The molecule has 13 heavy (non-hydrogen) atoms. The van der Waals surface area contributed by atoms with E-state index < -0.39 is 5.97 Å². The van der Waals surface area contributed by atoms with Gasteiger partial charge in [-0.2, -0.15) is 0 Å². The van der Waals surface area contributed by atoms with Gasteiger partial charge in [-0.05, 0) is 47.8 Å². The number of hydrogen-bond acceptors (Lipinski definition) is 2. The first-order chi connectivity index (χ1) is 5.95. The smallest absolute Gasteiger partial charge is 0.338 e. The number of hydrogen-bond donors (Lipinski definition) is 1. The lowest BCUT2D eigenvalue weighted by Gasteiger charge is -2.08. The molecule has 0 saturated carbocycles. The van der Waals surface area contributed by atoms with Gasteiger partial charge in [-0.15, -0.1) is 0 Å². The van der Waals surface area contributed by atoms with Crippen LogP contribution in [0.3, 0.4) is 0 Å². The van der Waals surface area contributed by atoms with Crippen molar-refractivity contribution in [3.8, 4) is 0 Å². The molecule has 1 aromatic heterocycles. The third kappa shape index (κ3) is 1.72. The second-order valence-corrected chi connectivity index (χ2v) is 3.67. The van der Waals surface area contributed by atoms with Crippen LogP contribution in [0.5, 0.6) is 0 Å². The van der Waals surface area contributed by atoms with E-state index >= 15 is 0 Å². The molecule has 0 fully saturated rings. The molecule has 0 aromatic carbocycles. The van der Waals surface area contributed by atoms with Gasteiger partial charge in [0.05, 0.1) is 5.56 Å². The predicted molar refractivity (Wildman–Crippen MR) is 53.1 cm³/mol. The molecule has 0 amide bonds. The van der Waals surface area contributed by atoms with Crippen LogP contribution in [0, 0.1) is 20.8 Å². The molecule has 4 heteroatoms. The van der Waals surface area contributed by atoms with Crippen molar-refractivity contribution in [1.82, 2.24) is 4.98 Å². The highest BCUT2D eigenvalue weighted by molar-refractivity contribution is 9.10. The molecule has 0 aliphatic rings. The van der Waals surface area contributed by atoms with Crippen molar-refractivity contribution in [3.05, 3.63) is 27.0 Å². The third-order valence-corrected chi connectivity index (χ3v) is 2.74. The average molecular weight is 244 g/mol. The summed E-state index contributed by atoms with van der Waals surface area (Å²) in [6, 6.07) is 0. The van der Waals surface area contributed by atoms with Crippen molar-refractivity contribution in [1.29, 1.82) is 0 Å². The van der Waals surface area contributed by atoms with E-state index in [1.165, 1.54) is 0 Å². The van der Waals surface area contributed by atoms with E-state index in [0.717, 1.165) is 16.8 Å². The molecule has 0 aliphatic carbocycles. The zero-order chi connectivity index (χ0) is 10.2. The van der Waals surface area contributed by atoms with E-state index in [-0.39, 0.29) is 5.56 Å². The second kappa shape index (κ2) is 3.46. The van der Waals surface area contributed by atoms with Crippen molar-refractivity contribution in [2.24, 2.45) is 0 Å². The number of pyridine rings is 1. The van der Waals surface area contributed by atoms with Gasteiger partial charge < -0.3 is 5.11 Å². The van der Waals surface area contributed by atoms with Gasteiger partial charge in [0, 0.05) is 5.69 Å². The Kier molecular flexibility index (Phi) is 2.71. The standard InChI is InChI=1S/C9H10BrNO2/c1-4-5(2)7(9(12)13)8(10)11-6(4)3/h1-3H3,(H,12,13). The van der Waals surface area contributed by atoms with E-state index in [1.54, 1.807) is 6.92 Å². The Hall–Kier alpha value is -0.900. The van der Waals surface area contributed by atoms with E-state index in [0.29, 0.717) is 4.60 Å². The van der Waals surface area contributed by atoms with Gasteiger partial charge in [0.25, 0.3) is 0 Å². The highest BCUT2D eigenvalue weighted by Gasteiger charge is 2.15. The van der Waals surface area contributed by atoms with Gasteiger partial charge in [0.1, 0.15) is 4.60 Å². The van der Waals surface area contributed by atoms with E-state index in [1.807, 2.05) is 13.8 Å². The predicted octanol–water partition coefficient (Wildman–Crippen LogP) is 2.47. The Morgan fingerprint density at radius 3 is 2.31 bits per heavy atom. The molecule has 1 N–H and O–H groups in total. The zero-order valence-electron chi connectivity index (χ0n) is 7.68. The topological polar surface area (TPSA) is 50.2 Å². The van der Waals surface area contributed by atoms with Crippen molar-refractivity contribution >= 4 is 21.9 Å². The number of aromatic nitrogens is 1. The van der Waals surface area contributed by atoms with Gasteiger partial charge in [0.2, 0.25) is 0 Å². The molecule has 1 heterocycles. The van der Waals surface area contributed by atoms with Gasteiger partial charge >= 0.3 is 5.97 Å². The fourth-order valence-electron chi connectivity index (χ4n) is 1.15. The number of aromatic carboxylic acids is 1. The molecule has 1 rings (SSSR count). The molecule has 0 saturated heterocycles. The first-order valence-corrected chi connectivity index (χ1v) is 4.61. The lowest BCUT2D eigenvalue weighted by atomic mass is 10.0. The van der Waals surface area contributed by atoms with Gasteiger partial charge in [-0.1, -0.05) is 0 Å². The number of halogens is 1. The van der Waals surface area contributed by atoms with Crippen molar-refractivity contribution in [2.75, 3.05) is 0 Å². The highest BCUT2D eigenvalue weighted by atomic mass is 79.9. The lowest BCUT2D eigenvalue weighted by molar-refractivity contribution is 0.0694. The highest BCUT2D eigenvalue weighted by Crippen LogP contribution is 2.22. The summed E-state index contributed by atoms with van der Waals surface area (Å²) in [6.07, 6.45) is 0. The van der Waals surface area contributed by atoms with Crippen LogP contribution < -0.4 is 0 Å². The Morgan fingerprint density at radius 1 is 1.31 bits per heavy atom. The van der Waals surface area contributed by atoms with Crippen LogP contribution in [0.25, 0.3) is 0 Å². The van der Waals surface area contributed by atoms with Gasteiger partial charge in [-0.25, -0.2) is 9.78 Å². The number of carbonyl (C=O) groups is 1. The summed E-state index contributed by atoms with van der Waals surface area (Å²) in [4.78, 5) is 14.9. The minimum Gasteiger partial charge on any atom is -0.478 e. The van der Waals surface area contributed by atoms with Crippen LogP contribution in [0.15, 0.2) is 4.60 Å². The monoisotopic (exact) mass is 243 g/mol.